The average Bonchev–Trinajstić information content (AvgIpc) is 3.13. The molecule has 1 fully saturated rings. The van der Waals surface area contributed by atoms with Crippen molar-refractivity contribution < 1.29 is 28.7 Å². The molecule has 6 nitrogen and oxygen atoms in total. The van der Waals surface area contributed by atoms with Gasteiger partial charge in [-0.15, -0.1) is 0 Å². The number of hydrogen-bond acceptors (Lipinski definition) is 5. The normalized spacial score (nSPS) is 27.1. The summed E-state index contributed by atoms with van der Waals surface area (Å²) in [5.74, 6) is -5.97. The molecule has 4 aliphatic rings. The van der Waals surface area contributed by atoms with Crippen molar-refractivity contribution in [1.82, 2.24) is 0 Å². The molecular formula is C28H18BrClFNO5. The molecule has 0 spiro atoms. The number of phenols is 1. The highest BCUT2D eigenvalue weighted by molar-refractivity contribution is 9.12. The van der Waals surface area contributed by atoms with E-state index in [9.17, 15) is 28.7 Å². The van der Waals surface area contributed by atoms with E-state index in [1.807, 2.05) is 6.08 Å². The lowest BCUT2D eigenvalue weighted by Crippen LogP contribution is -2.39. The van der Waals surface area contributed by atoms with E-state index in [0.29, 0.717) is 16.3 Å². The van der Waals surface area contributed by atoms with Crippen LogP contribution < -0.4 is 4.90 Å². The highest BCUT2D eigenvalue weighted by Gasteiger charge is 2.56. The molecule has 2 aromatic carbocycles. The molecule has 9 heteroatoms. The number of carbonyl (C=O) groups excluding carboxylic acids is 4. The molecule has 186 valence electrons. The van der Waals surface area contributed by atoms with Crippen molar-refractivity contribution in [3.05, 3.63) is 92.2 Å². The number of rotatable bonds is 2. The monoisotopic (exact) mass is 581 g/mol. The molecular weight excluding hydrogens is 565 g/mol. The van der Waals surface area contributed by atoms with E-state index in [1.54, 1.807) is 24.3 Å². The second-order valence-electron chi connectivity index (χ2n) is 9.56. The van der Waals surface area contributed by atoms with E-state index in [0.717, 1.165) is 11.0 Å². The first-order valence-corrected chi connectivity index (χ1v) is 12.9. The van der Waals surface area contributed by atoms with Crippen molar-refractivity contribution >= 4 is 56.6 Å². The zero-order valence-electron chi connectivity index (χ0n) is 19.1. The Morgan fingerprint density at radius 1 is 1.00 bits per heavy atom. The number of Topliss-reactive ketones (excluding diaryl/α,β-unsaturated/α-hetero) is 1. The lowest BCUT2D eigenvalue weighted by molar-refractivity contribution is -0.123. The number of fused-ring (bicyclic) bond motifs is 3. The second kappa shape index (κ2) is 8.60. The molecule has 3 aliphatic carbocycles. The number of halogens is 3. The van der Waals surface area contributed by atoms with Crippen LogP contribution in [0.25, 0.3) is 0 Å². The Labute approximate surface area is 224 Å². The minimum atomic E-state index is -0.925. The molecule has 1 heterocycles. The second-order valence-corrected chi connectivity index (χ2v) is 10.9. The van der Waals surface area contributed by atoms with E-state index in [2.05, 4.69) is 15.9 Å². The molecule has 0 radical (unpaired) electrons. The first-order valence-electron chi connectivity index (χ1n) is 11.7. The van der Waals surface area contributed by atoms with Crippen molar-refractivity contribution in [3.63, 3.8) is 0 Å². The number of amides is 2. The summed E-state index contributed by atoms with van der Waals surface area (Å²) in [6.45, 7) is 0. The third kappa shape index (κ3) is 3.49. The Hall–Kier alpha value is -3.36. The number of allylic oxidation sites excluding steroid dienone is 6. The standard InChI is InChI=1S/C28H18BrClFNO5/c29-19-11-21(33)24-18(25(19)34)10-17-14(22(24)15-2-1-3-20(31)26(15)35)8-9-16-23(17)28(37)32(27(16)36)13-6-4-12(30)5-7-13/h1-8,11,16-17,22-23,35H,9-10H2. The van der Waals surface area contributed by atoms with Crippen molar-refractivity contribution in [2.24, 2.45) is 17.8 Å². The summed E-state index contributed by atoms with van der Waals surface area (Å²) in [5.41, 5.74) is 1.55. The molecule has 0 saturated carbocycles. The summed E-state index contributed by atoms with van der Waals surface area (Å²) in [4.78, 5) is 54.7. The SMILES string of the molecule is O=C1C=C(Br)C(=O)C2=C1C(c1cccc(F)c1O)C1=CCC3C(=O)N(c4ccc(Cl)cc4)C(=O)C3C1C2. The minimum absolute atomic E-state index is 0.0793. The van der Waals surface area contributed by atoms with Crippen LogP contribution in [0.15, 0.2) is 75.8 Å². The lowest BCUT2D eigenvalue weighted by Gasteiger charge is -2.42. The number of phenolic OH excluding ortho intramolecular Hbond substituents is 1. The maximum Gasteiger partial charge on any atom is 0.238 e. The number of nitrogens with zero attached hydrogens (tertiary/aromatic N) is 1. The van der Waals surface area contributed by atoms with Gasteiger partial charge in [-0.25, -0.2) is 4.39 Å². The Balaban J connectivity index is 1.50. The summed E-state index contributed by atoms with van der Waals surface area (Å²) in [6.07, 6.45) is 3.31. The molecule has 0 aromatic heterocycles. The van der Waals surface area contributed by atoms with Crippen LogP contribution in [0.4, 0.5) is 10.1 Å². The van der Waals surface area contributed by atoms with Crippen molar-refractivity contribution in [1.29, 1.82) is 0 Å². The first-order chi connectivity index (χ1) is 17.7. The number of benzene rings is 2. The number of imide groups is 1. The number of carbonyl (C=O) groups is 4. The molecule has 1 N–H and O–H groups in total. The summed E-state index contributed by atoms with van der Waals surface area (Å²) >= 11 is 9.15. The Kier molecular flexibility index (Phi) is 5.58. The van der Waals surface area contributed by atoms with Gasteiger partial charge in [0.2, 0.25) is 11.8 Å². The van der Waals surface area contributed by atoms with Crippen LogP contribution >= 0.6 is 27.5 Å². The molecule has 0 bridgehead atoms. The Bertz CT molecular complexity index is 1530. The fourth-order valence-electron chi connectivity index (χ4n) is 6.17. The lowest BCUT2D eigenvalue weighted by atomic mass is 9.59. The zero-order valence-corrected chi connectivity index (χ0v) is 21.4. The van der Waals surface area contributed by atoms with Gasteiger partial charge in [0.1, 0.15) is 0 Å². The molecule has 1 saturated heterocycles. The summed E-state index contributed by atoms with van der Waals surface area (Å²) in [7, 11) is 0. The predicted molar refractivity (Wildman–Crippen MR) is 137 cm³/mol. The van der Waals surface area contributed by atoms with Gasteiger partial charge >= 0.3 is 0 Å². The fourth-order valence-corrected chi connectivity index (χ4v) is 6.74. The molecule has 1 aliphatic heterocycles. The molecule has 4 atom stereocenters. The van der Waals surface area contributed by atoms with Crippen molar-refractivity contribution in [3.8, 4) is 5.75 Å². The summed E-state index contributed by atoms with van der Waals surface area (Å²) < 4.78 is 14.5. The molecule has 4 unspecified atom stereocenters. The largest absolute Gasteiger partial charge is 0.505 e. The topological polar surface area (TPSA) is 91.8 Å². The van der Waals surface area contributed by atoms with Gasteiger partial charge in [-0.1, -0.05) is 35.4 Å². The van der Waals surface area contributed by atoms with Crippen LogP contribution in [0.3, 0.4) is 0 Å². The van der Waals surface area contributed by atoms with E-state index in [4.69, 9.17) is 11.6 Å². The maximum absolute atomic E-state index is 14.4. The van der Waals surface area contributed by atoms with Gasteiger partial charge in [0.05, 0.1) is 22.0 Å². The zero-order chi connectivity index (χ0) is 26.2. The van der Waals surface area contributed by atoms with Crippen molar-refractivity contribution in [2.45, 2.75) is 18.8 Å². The van der Waals surface area contributed by atoms with Gasteiger partial charge in [-0.2, -0.15) is 0 Å². The summed E-state index contributed by atoms with van der Waals surface area (Å²) in [5, 5.41) is 11.1. The van der Waals surface area contributed by atoms with Crippen LogP contribution in [-0.2, 0) is 19.2 Å². The third-order valence-electron chi connectivity index (χ3n) is 7.75. The molecule has 37 heavy (non-hydrogen) atoms. The van der Waals surface area contributed by atoms with E-state index >= 15 is 0 Å². The van der Waals surface area contributed by atoms with Gasteiger partial charge in [-0.3, -0.25) is 24.1 Å². The van der Waals surface area contributed by atoms with Gasteiger partial charge in [0.25, 0.3) is 0 Å². The highest BCUT2D eigenvalue weighted by Crippen LogP contribution is 2.56. The highest BCUT2D eigenvalue weighted by atomic mass is 79.9. The molecule has 2 aromatic rings. The first kappa shape index (κ1) is 24.0. The van der Waals surface area contributed by atoms with Crippen LogP contribution in [-0.4, -0.2) is 28.5 Å². The van der Waals surface area contributed by atoms with Crippen LogP contribution in [0.5, 0.6) is 5.75 Å². The number of aromatic hydroxyl groups is 1. The van der Waals surface area contributed by atoms with Crippen LogP contribution in [0.1, 0.15) is 24.3 Å². The quantitative estimate of drug-likeness (QED) is 0.300. The van der Waals surface area contributed by atoms with E-state index < -0.39 is 52.7 Å². The predicted octanol–water partition coefficient (Wildman–Crippen LogP) is 5.15. The van der Waals surface area contributed by atoms with Gasteiger partial charge in [0.15, 0.2) is 23.1 Å². The van der Waals surface area contributed by atoms with Gasteiger partial charge in [-0.05, 0) is 65.0 Å². The van der Waals surface area contributed by atoms with Crippen LogP contribution in [0, 0.1) is 23.6 Å². The fraction of sp³-hybridized carbons (Fsp3) is 0.214. The summed E-state index contributed by atoms with van der Waals surface area (Å²) in [6, 6.07) is 10.4. The number of hydrogen-bond donors (Lipinski definition) is 1. The smallest absolute Gasteiger partial charge is 0.238 e. The Morgan fingerprint density at radius 2 is 1.73 bits per heavy atom. The Morgan fingerprint density at radius 3 is 2.46 bits per heavy atom. The third-order valence-corrected chi connectivity index (χ3v) is 8.59. The van der Waals surface area contributed by atoms with Gasteiger partial charge in [0, 0.05) is 33.7 Å². The van der Waals surface area contributed by atoms with Gasteiger partial charge < -0.3 is 5.11 Å². The van der Waals surface area contributed by atoms with E-state index in [1.165, 1.54) is 18.2 Å². The molecule has 6 rings (SSSR count). The molecule has 2 amide bonds. The number of anilines is 1. The number of para-hydroxylation sites is 1. The number of ketones is 2. The van der Waals surface area contributed by atoms with E-state index in [-0.39, 0.29) is 39.9 Å². The average molecular weight is 583 g/mol. The van der Waals surface area contributed by atoms with Crippen molar-refractivity contribution in [2.75, 3.05) is 4.90 Å². The van der Waals surface area contributed by atoms with Crippen LogP contribution in [0.2, 0.25) is 5.02 Å². The maximum atomic E-state index is 14.4. The minimum Gasteiger partial charge on any atom is -0.505 e.